The number of nitrogens with zero attached hydrogens (tertiary/aromatic N) is 2. The van der Waals surface area contributed by atoms with Gasteiger partial charge in [-0.1, -0.05) is 32.3 Å². The molecule has 2 aromatic rings. The number of rotatable bonds is 8. The molecule has 120 valence electrons. The standard InChI is InChI=1S/C15H21N3O3S/c1-3-4-5-7-11(2)16-13(19)10-18-15(20)21-14(17-18)12-8-6-9-22-12/h6,8-9,11H,3-5,7,10H2,1-2H3,(H,16,19). The van der Waals surface area contributed by atoms with Crippen LogP contribution in [-0.2, 0) is 11.3 Å². The zero-order chi connectivity index (χ0) is 15.9. The molecule has 0 spiro atoms. The summed E-state index contributed by atoms with van der Waals surface area (Å²) in [7, 11) is 0. The molecule has 1 unspecified atom stereocenters. The lowest BCUT2D eigenvalue weighted by atomic mass is 10.1. The van der Waals surface area contributed by atoms with Crippen molar-refractivity contribution in [2.24, 2.45) is 0 Å². The molecule has 2 rings (SSSR count). The Bertz CT molecular complexity index is 645. The fraction of sp³-hybridized carbons (Fsp3) is 0.533. The molecule has 0 aliphatic carbocycles. The number of hydrogen-bond acceptors (Lipinski definition) is 5. The first-order valence-corrected chi connectivity index (χ1v) is 8.39. The third kappa shape index (κ3) is 4.56. The highest BCUT2D eigenvalue weighted by Gasteiger charge is 2.14. The summed E-state index contributed by atoms with van der Waals surface area (Å²) in [5, 5.41) is 8.82. The smallest absolute Gasteiger partial charge is 0.387 e. The lowest BCUT2D eigenvalue weighted by Gasteiger charge is -2.13. The molecule has 1 N–H and O–H groups in total. The van der Waals surface area contributed by atoms with Gasteiger partial charge in [-0.2, -0.15) is 4.68 Å². The van der Waals surface area contributed by atoms with Crippen molar-refractivity contribution < 1.29 is 9.21 Å². The van der Waals surface area contributed by atoms with E-state index in [1.54, 1.807) is 0 Å². The fourth-order valence-corrected chi connectivity index (χ4v) is 2.78. The first kappa shape index (κ1) is 16.5. The highest BCUT2D eigenvalue weighted by molar-refractivity contribution is 7.13. The van der Waals surface area contributed by atoms with E-state index in [1.165, 1.54) is 11.3 Å². The van der Waals surface area contributed by atoms with E-state index >= 15 is 0 Å². The number of carbonyl (C=O) groups is 1. The number of aromatic nitrogens is 2. The Morgan fingerprint density at radius 2 is 2.32 bits per heavy atom. The Hall–Kier alpha value is -1.89. The van der Waals surface area contributed by atoms with Crippen LogP contribution in [0.5, 0.6) is 0 Å². The van der Waals surface area contributed by atoms with Gasteiger partial charge in [-0.15, -0.1) is 16.4 Å². The Kier molecular flexibility index (Phi) is 5.94. The number of thiophene rings is 1. The zero-order valence-corrected chi connectivity index (χ0v) is 13.7. The second-order valence-electron chi connectivity index (χ2n) is 5.27. The maximum atomic E-state index is 12.0. The Balaban J connectivity index is 1.90. The van der Waals surface area contributed by atoms with Crippen molar-refractivity contribution in [1.29, 1.82) is 0 Å². The van der Waals surface area contributed by atoms with Crippen molar-refractivity contribution in [2.75, 3.05) is 0 Å². The molecule has 0 saturated carbocycles. The average Bonchev–Trinajstić information content (AvgIpc) is 3.09. The maximum Gasteiger partial charge on any atom is 0.437 e. The highest BCUT2D eigenvalue weighted by atomic mass is 32.1. The predicted molar refractivity (Wildman–Crippen MR) is 85.8 cm³/mol. The summed E-state index contributed by atoms with van der Waals surface area (Å²) >= 11 is 1.43. The van der Waals surface area contributed by atoms with Crippen LogP contribution in [0, 0.1) is 0 Å². The second kappa shape index (κ2) is 7.93. The molecule has 0 fully saturated rings. The molecule has 0 aromatic carbocycles. The lowest BCUT2D eigenvalue weighted by molar-refractivity contribution is -0.122. The van der Waals surface area contributed by atoms with Gasteiger partial charge in [0.1, 0.15) is 6.54 Å². The number of amides is 1. The molecule has 2 heterocycles. The van der Waals surface area contributed by atoms with Gasteiger partial charge in [-0.25, -0.2) is 4.79 Å². The van der Waals surface area contributed by atoms with Gasteiger partial charge < -0.3 is 9.73 Å². The molecule has 0 saturated heterocycles. The summed E-state index contributed by atoms with van der Waals surface area (Å²) < 4.78 is 6.13. The van der Waals surface area contributed by atoms with Crippen LogP contribution in [0.1, 0.15) is 39.5 Å². The summed E-state index contributed by atoms with van der Waals surface area (Å²) in [5.41, 5.74) is 0. The first-order valence-electron chi connectivity index (χ1n) is 7.51. The SMILES string of the molecule is CCCCCC(C)NC(=O)Cn1nc(-c2cccs2)oc1=O. The third-order valence-electron chi connectivity index (χ3n) is 3.28. The number of unbranched alkanes of at least 4 members (excludes halogenated alkanes) is 2. The third-order valence-corrected chi connectivity index (χ3v) is 4.14. The molecule has 0 aliphatic heterocycles. The zero-order valence-electron chi connectivity index (χ0n) is 12.9. The van der Waals surface area contributed by atoms with Crippen LogP contribution in [0.15, 0.2) is 26.7 Å². The van der Waals surface area contributed by atoms with E-state index < -0.39 is 5.76 Å². The van der Waals surface area contributed by atoms with Crippen LogP contribution in [-0.4, -0.2) is 21.7 Å². The highest BCUT2D eigenvalue weighted by Crippen LogP contribution is 2.20. The van der Waals surface area contributed by atoms with Gasteiger partial charge >= 0.3 is 5.76 Å². The van der Waals surface area contributed by atoms with Crippen molar-refractivity contribution in [3.8, 4) is 10.8 Å². The van der Waals surface area contributed by atoms with E-state index in [2.05, 4.69) is 17.3 Å². The van der Waals surface area contributed by atoms with Crippen LogP contribution in [0.2, 0.25) is 0 Å². The molecule has 0 bridgehead atoms. The molecule has 1 amide bonds. The van der Waals surface area contributed by atoms with Crippen molar-refractivity contribution in [3.63, 3.8) is 0 Å². The number of nitrogens with one attached hydrogen (secondary N) is 1. The van der Waals surface area contributed by atoms with Gasteiger partial charge in [0.2, 0.25) is 5.91 Å². The minimum Gasteiger partial charge on any atom is -0.387 e. The minimum atomic E-state index is -0.614. The summed E-state index contributed by atoms with van der Waals surface area (Å²) in [6.07, 6.45) is 4.34. The van der Waals surface area contributed by atoms with Gasteiger partial charge in [0, 0.05) is 6.04 Å². The minimum absolute atomic E-state index is 0.0958. The Morgan fingerprint density at radius 1 is 1.50 bits per heavy atom. The summed E-state index contributed by atoms with van der Waals surface area (Å²) in [6, 6.07) is 3.76. The average molecular weight is 323 g/mol. The topological polar surface area (TPSA) is 77.1 Å². The van der Waals surface area contributed by atoms with E-state index in [-0.39, 0.29) is 24.4 Å². The van der Waals surface area contributed by atoms with Crippen LogP contribution >= 0.6 is 11.3 Å². The molecular formula is C15H21N3O3S. The van der Waals surface area contributed by atoms with Crippen LogP contribution in [0.25, 0.3) is 10.8 Å². The fourth-order valence-electron chi connectivity index (χ4n) is 2.14. The van der Waals surface area contributed by atoms with Crippen molar-refractivity contribution >= 4 is 17.2 Å². The summed E-state index contributed by atoms with van der Waals surface area (Å²) in [5.74, 6) is -0.585. The lowest BCUT2D eigenvalue weighted by Crippen LogP contribution is -2.37. The molecule has 0 aliphatic rings. The Morgan fingerprint density at radius 3 is 3.00 bits per heavy atom. The molecule has 22 heavy (non-hydrogen) atoms. The molecule has 2 aromatic heterocycles. The van der Waals surface area contributed by atoms with Gasteiger partial charge in [0.05, 0.1) is 4.88 Å². The Labute approximate surface area is 133 Å². The molecule has 7 heteroatoms. The van der Waals surface area contributed by atoms with E-state index in [0.29, 0.717) is 0 Å². The number of hydrogen-bond donors (Lipinski definition) is 1. The normalized spacial score (nSPS) is 12.3. The molecule has 6 nitrogen and oxygen atoms in total. The van der Waals surface area contributed by atoms with E-state index in [9.17, 15) is 9.59 Å². The van der Waals surface area contributed by atoms with Crippen molar-refractivity contribution in [2.45, 2.75) is 52.1 Å². The second-order valence-corrected chi connectivity index (χ2v) is 6.22. The van der Waals surface area contributed by atoms with Gasteiger partial charge in [-0.3, -0.25) is 4.79 Å². The van der Waals surface area contributed by atoms with Crippen molar-refractivity contribution in [3.05, 3.63) is 28.1 Å². The number of carbonyl (C=O) groups excluding carboxylic acids is 1. The molecule has 0 radical (unpaired) electrons. The quantitative estimate of drug-likeness (QED) is 0.758. The largest absolute Gasteiger partial charge is 0.437 e. The molecule has 1 atom stereocenters. The molecular weight excluding hydrogens is 302 g/mol. The predicted octanol–water partition coefficient (Wildman–Crippen LogP) is 2.65. The summed E-state index contributed by atoms with van der Waals surface area (Å²) in [4.78, 5) is 24.4. The van der Waals surface area contributed by atoms with Crippen LogP contribution < -0.4 is 11.1 Å². The van der Waals surface area contributed by atoms with E-state index in [0.717, 1.165) is 35.2 Å². The van der Waals surface area contributed by atoms with E-state index in [1.807, 2.05) is 24.4 Å². The van der Waals surface area contributed by atoms with Crippen molar-refractivity contribution in [1.82, 2.24) is 15.1 Å². The van der Waals surface area contributed by atoms with Crippen LogP contribution in [0.3, 0.4) is 0 Å². The monoisotopic (exact) mass is 323 g/mol. The van der Waals surface area contributed by atoms with Gasteiger partial charge in [0.15, 0.2) is 0 Å². The first-order chi connectivity index (χ1) is 10.6. The van der Waals surface area contributed by atoms with Gasteiger partial charge in [-0.05, 0) is 24.8 Å². The summed E-state index contributed by atoms with van der Waals surface area (Å²) in [6.45, 7) is 3.99. The van der Waals surface area contributed by atoms with Gasteiger partial charge in [0.25, 0.3) is 5.89 Å². The van der Waals surface area contributed by atoms with Crippen LogP contribution in [0.4, 0.5) is 0 Å². The van der Waals surface area contributed by atoms with E-state index in [4.69, 9.17) is 4.42 Å². The maximum absolute atomic E-state index is 12.0.